The van der Waals surface area contributed by atoms with Crippen LogP contribution in [0.3, 0.4) is 0 Å². The van der Waals surface area contributed by atoms with E-state index in [0.29, 0.717) is 6.04 Å². The van der Waals surface area contributed by atoms with E-state index in [2.05, 4.69) is 51.2 Å². The monoisotopic (exact) mass is 259 g/mol. The van der Waals surface area contributed by atoms with E-state index in [0.717, 1.165) is 11.8 Å². The van der Waals surface area contributed by atoms with Crippen LogP contribution in [0.1, 0.15) is 62.3 Å². The quantitative estimate of drug-likeness (QED) is 0.820. The Morgan fingerprint density at radius 1 is 1.21 bits per heavy atom. The highest BCUT2D eigenvalue weighted by Gasteiger charge is 2.21. The van der Waals surface area contributed by atoms with Gasteiger partial charge in [0.25, 0.3) is 0 Å². The molecular formula is C18H29N. The first-order valence-electron chi connectivity index (χ1n) is 7.88. The third-order valence-electron chi connectivity index (χ3n) is 4.87. The van der Waals surface area contributed by atoms with Crippen LogP contribution in [0.5, 0.6) is 0 Å². The first-order valence-corrected chi connectivity index (χ1v) is 7.88. The van der Waals surface area contributed by atoms with Crippen LogP contribution >= 0.6 is 0 Å². The van der Waals surface area contributed by atoms with Crippen molar-refractivity contribution in [2.45, 2.75) is 59.4 Å². The Morgan fingerprint density at radius 3 is 2.63 bits per heavy atom. The van der Waals surface area contributed by atoms with Crippen molar-refractivity contribution in [3.05, 3.63) is 34.9 Å². The molecule has 0 spiro atoms. The van der Waals surface area contributed by atoms with Crippen molar-refractivity contribution in [3.8, 4) is 0 Å². The highest BCUT2D eigenvalue weighted by Crippen LogP contribution is 2.29. The molecule has 0 heterocycles. The van der Waals surface area contributed by atoms with Gasteiger partial charge in [0.05, 0.1) is 0 Å². The summed E-state index contributed by atoms with van der Waals surface area (Å²) in [7, 11) is 0. The lowest BCUT2D eigenvalue weighted by molar-refractivity contribution is 0.242. The van der Waals surface area contributed by atoms with Crippen LogP contribution in [-0.4, -0.2) is 6.54 Å². The second-order valence-corrected chi connectivity index (χ2v) is 6.51. The van der Waals surface area contributed by atoms with Gasteiger partial charge < -0.3 is 5.32 Å². The fraction of sp³-hybridized carbons (Fsp3) is 0.667. The van der Waals surface area contributed by atoms with Crippen LogP contribution in [0, 0.1) is 25.7 Å². The summed E-state index contributed by atoms with van der Waals surface area (Å²) in [5.74, 6) is 1.77. The standard InChI is InChI=1S/C18H29N/c1-13-9-10-18(15(3)11-13)16(4)19-12-17-8-6-5-7-14(17)2/h9-11,14,16-17,19H,5-8,12H2,1-4H3. The van der Waals surface area contributed by atoms with Gasteiger partial charge in [-0.15, -0.1) is 0 Å². The van der Waals surface area contributed by atoms with Gasteiger partial charge in [0, 0.05) is 6.04 Å². The molecule has 0 bridgehead atoms. The maximum Gasteiger partial charge on any atom is 0.0294 e. The minimum Gasteiger partial charge on any atom is -0.310 e. The molecule has 0 amide bonds. The lowest BCUT2D eigenvalue weighted by Crippen LogP contribution is -2.31. The van der Waals surface area contributed by atoms with Crippen molar-refractivity contribution >= 4 is 0 Å². The molecule has 1 aliphatic rings. The molecule has 3 atom stereocenters. The molecule has 1 heteroatoms. The summed E-state index contributed by atoms with van der Waals surface area (Å²) in [6, 6.07) is 7.27. The van der Waals surface area contributed by atoms with Crippen LogP contribution < -0.4 is 5.32 Å². The molecule has 1 aromatic rings. The van der Waals surface area contributed by atoms with E-state index >= 15 is 0 Å². The van der Waals surface area contributed by atoms with Crippen molar-refractivity contribution in [2.24, 2.45) is 11.8 Å². The predicted octanol–water partition coefficient (Wildman–Crippen LogP) is 4.78. The van der Waals surface area contributed by atoms with Crippen LogP contribution in [0.15, 0.2) is 18.2 Å². The van der Waals surface area contributed by atoms with Crippen molar-refractivity contribution in [1.82, 2.24) is 5.32 Å². The van der Waals surface area contributed by atoms with E-state index in [4.69, 9.17) is 0 Å². The van der Waals surface area contributed by atoms with Crippen LogP contribution in [0.25, 0.3) is 0 Å². The summed E-state index contributed by atoms with van der Waals surface area (Å²) < 4.78 is 0. The Morgan fingerprint density at radius 2 is 1.95 bits per heavy atom. The lowest BCUT2D eigenvalue weighted by Gasteiger charge is -2.30. The molecule has 3 unspecified atom stereocenters. The van der Waals surface area contributed by atoms with Crippen LogP contribution in [-0.2, 0) is 0 Å². The molecule has 19 heavy (non-hydrogen) atoms. The summed E-state index contributed by atoms with van der Waals surface area (Å²) in [6.07, 6.45) is 5.69. The molecular weight excluding hydrogens is 230 g/mol. The minimum absolute atomic E-state index is 0.467. The molecule has 0 radical (unpaired) electrons. The molecule has 0 aliphatic heterocycles. The van der Waals surface area contributed by atoms with Crippen molar-refractivity contribution in [3.63, 3.8) is 0 Å². The first kappa shape index (κ1) is 14.6. The molecule has 1 fully saturated rings. The zero-order chi connectivity index (χ0) is 13.8. The normalized spacial score (nSPS) is 25.3. The zero-order valence-corrected chi connectivity index (χ0v) is 13.0. The number of aryl methyl sites for hydroxylation is 2. The highest BCUT2D eigenvalue weighted by atomic mass is 14.9. The largest absolute Gasteiger partial charge is 0.310 e. The first-order chi connectivity index (χ1) is 9.08. The Kier molecular flexibility index (Phi) is 5.04. The molecule has 106 valence electrons. The molecule has 0 saturated heterocycles. The Hall–Kier alpha value is -0.820. The van der Waals surface area contributed by atoms with E-state index < -0.39 is 0 Å². The number of hydrogen-bond donors (Lipinski definition) is 1. The molecule has 0 aromatic heterocycles. The summed E-state index contributed by atoms with van der Waals surface area (Å²) in [5.41, 5.74) is 4.22. The molecule has 1 saturated carbocycles. The predicted molar refractivity (Wildman–Crippen MR) is 83.5 cm³/mol. The SMILES string of the molecule is Cc1ccc(C(C)NCC2CCCCC2C)c(C)c1. The van der Waals surface area contributed by atoms with Gasteiger partial charge in [-0.2, -0.15) is 0 Å². The summed E-state index contributed by atoms with van der Waals surface area (Å²) in [5, 5.41) is 3.76. The van der Waals surface area contributed by atoms with Gasteiger partial charge in [0.2, 0.25) is 0 Å². The second-order valence-electron chi connectivity index (χ2n) is 6.51. The third kappa shape index (κ3) is 3.82. The van der Waals surface area contributed by atoms with Gasteiger partial charge in [-0.3, -0.25) is 0 Å². The minimum atomic E-state index is 0.467. The van der Waals surface area contributed by atoms with Crippen LogP contribution in [0.2, 0.25) is 0 Å². The van der Waals surface area contributed by atoms with Crippen molar-refractivity contribution in [1.29, 1.82) is 0 Å². The van der Waals surface area contributed by atoms with Gasteiger partial charge in [0.15, 0.2) is 0 Å². The maximum atomic E-state index is 3.76. The average molecular weight is 259 g/mol. The fourth-order valence-electron chi connectivity index (χ4n) is 3.45. The topological polar surface area (TPSA) is 12.0 Å². The van der Waals surface area contributed by atoms with Gasteiger partial charge in [-0.05, 0) is 56.7 Å². The lowest BCUT2D eigenvalue weighted by atomic mass is 9.80. The Bertz CT molecular complexity index is 410. The number of rotatable bonds is 4. The number of hydrogen-bond acceptors (Lipinski definition) is 1. The third-order valence-corrected chi connectivity index (χ3v) is 4.87. The Labute approximate surface area is 118 Å². The summed E-state index contributed by atoms with van der Waals surface area (Å²) in [6.45, 7) is 10.3. The van der Waals surface area contributed by atoms with Gasteiger partial charge in [-0.1, -0.05) is 49.9 Å². The van der Waals surface area contributed by atoms with Crippen LogP contribution in [0.4, 0.5) is 0 Å². The Balaban J connectivity index is 1.91. The molecule has 1 aliphatic carbocycles. The van der Waals surface area contributed by atoms with E-state index in [1.54, 1.807) is 0 Å². The second kappa shape index (κ2) is 6.56. The van der Waals surface area contributed by atoms with E-state index in [1.807, 2.05) is 0 Å². The van der Waals surface area contributed by atoms with Crippen molar-refractivity contribution in [2.75, 3.05) is 6.54 Å². The summed E-state index contributed by atoms with van der Waals surface area (Å²) in [4.78, 5) is 0. The van der Waals surface area contributed by atoms with Gasteiger partial charge >= 0.3 is 0 Å². The van der Waals surface area contributed by atoms with Gasteiger partial charge in [-0.25, -0.2) is 0 Å². The van der Waals surface area contributed by atoms with E-state index in [1.165, 1.54) is 48.9 Å². The smallest absolute Gasteiger partial charge is 0.0294 e. The number of benzene rings is 1. The van der Waals surface area contributed by atoms with E-state index in [9.17, 15) is 0 Å². The van der Waals surface area contributed by atoms with Crippen molar-refractivity contribution < 1.29 is 0 Å². The molecule has 1 N–H and O–H groups in total. The molecule has 2 rings (SSSR count). The van der Waals surface area contributed by atoms with Gasteiger partial charge in [0.1, 0.15) is 0 Å². The van der Waals surface area contributed by atoms with E-state index in [-0.39, 0.29) is 0 Å². The maximum absolute atomic E-state index is 3.76. The summed E-state index contributed by atoms with van der Waals surface area (Å²) >= 11 is 0. The average Bonchev–Trinajstić information content (AvgIpc) is 2.37. The fourth-order valence-corrected chi connectivity index (χ4v) is 3.45. The molecule has 1 nitrogen and oxygen atoms in total. The number of nitrogens with one attached hydrogen (secondary N) is 1. The zero-order valence-electron chi connectivity index (χ0n) is 13.0. The molecule has 1 aromatic carbocycles. The highest BCUT2D eigenvalue weighted by molar-refractivity contribution is 5.32.